The van der Waals surface area contributed by atoms with Gasteiger partial charge in [-0.15, -0.1) is 0 Å². The van der Waals surface area contributed by atoms with Crippen LogP contribution in [0.25, 0.3) is 0 Å². The zero-order chi connectivity index (χ0) is 7.56. The number of rotatable bonds is 2. The number of hydrogen-bond acceptors (Lipinski definition) is 2. The largest absolute Gasteiger partial charge is 0.471 e. The molecule has 0 radical (unpaired) electrons. The Bertz CT molecular complexity index is 229. The highest BCUT2D eigenvalue weighted by Crippen LogP contribution is 2.21. The van der Waals surface area contributed by atoms with E-state index in [0.717, 1.165) is 12.5 Å². The van der Waals surface area contributed by atoms with Gasteiger partial charge in [-0.25, -0.2) is 8.78 Å². The molecule has 10 heavy (non-hydrogen) atoms. The molecule has 1 aromatic heterocycles. The van der Waals surface area contributed by atoms with E-state index in [0.29, 0.717) is 6.29 Å². The Kier molecular flexibility index (Phi) is 1.80. The van der Waals surface area contributed by atoms with Gasteiger partial charge in [0.2, 0.25) is 0 Å². The third-order valence-electron chi connectivity index (χ3n) is 1.09. The van der Waals surface area contributed by atoms with E-state index in [2.05, 4.69) is 4.42 Å². The minimum atomic E-state index is -2.64. The Labute approximate surface area is 55.4 Å². The molecule has 0 saturated carbocycles. The van der Waals surface area contributed by atoms with Crippen LogP contribution in [0.1, 0.15) is 22.3 Å². The number of carbonyl (C=O) groups excluding carboxylic acids is 1. The normalized spacial score (nSPS) is 10.3. The van der Waals surface area contributed by atoms with Gasteiger partial charge in [0.25, 0.3) is 6.43 Å². The molecule has 0 aromatic carbocycles. The first-order chi connectivity index (χ1) is 4.75. The summed E-state index contributed by atoms with van der Waals surface area (Å²) in [5.74, 6) is 0. The number of aldehydes is 1. The van der Waals surface area contributed by atoms with Crippen molar-refractivity contribution in [1.29, 1.82) is 0 Å². The maximum atomic E-state index is 11.8. The molecule has 2 nitrogen and oxygen atoms in total. The van der Waals surface area contributed by atoms with Gasteiger partial charge in [-0.2, -0.15) is 0 Å². The molecule has 0 fully saturated rings. The van der Waals surface area contributed by atoms with Gasteiger partial charge in [0.05, 0.1) is 17.4 Å². The fraction of sp³-hybridized carbons (Fsp3) is 0.167. The minimum absolute atomic E-state index is 0.0880. The Balaban J connectivity index is 3.01. The number of carbonyl (C=O) groups is 1. The zero-order valence-corrected chi connectivity index (χ0v) is 4.88. The van der Waals surface area contributed by atoms with Crippen molar-refractivity contribution in [3.8, 4) is 0 Å². The summed E-state index contributed by atoms with van der Waals surface area (Å²) >= 11 is 0. The quantitative estimate of drug-likeness (QED) is 0.597. The zero-order valence-electron chi connectivity index (χ0n) is 4.88. The maximum Gasteiger partial charge on any atom is 0.267 e. The highest BCUT2D eigenvalue weighted by atomic mass is 19.3. The van der Waals surface area contributed by atoms with E-state index in [-0.39, 0.29) is 11.1 Å². The summed E-state index contributed by atoms with van der Waals surface area (Å²) in [6.07, 6.45) is -0.438. The topological polar surface area (TPSA) is 30.2 Å². The molecule has 0 aliphatic carbocycles. The van der Waals surface area contributed by atoms with Gasteiger partial charge >= 0.3 is 0 Å². The van der Waals surface area contributed by atoms with E-state index in [4.69, 9.17) is 0 Å². The van der Waals surface area contributed by atoms with E-state index in [1.54, 1.807) is 0 Å². The Morgan fingerprint density at radius 3 is 2.60 bits per heavy atom. The molecule has 0 unspecified atom stereocenters. The fourth-order valence-electron chi connectivity index (χ4n) is 0.590. The second kappa shape index (κ2) is 2.60. The molecule has 0 aliphatic rings. The molecule has 0 saturated heterocycles. The van der Waals surface area contributed by atoms with Crippen molar-refractivity contribution >= 4 is 6.29 Å². The van der Waals surface area contributed by atoms with E-state index < -0.39 is 6.43 Å². The molecule has 4 heteroatoms. The molecule has 1 heterocycles. The number of halogens is 2. The lowest BCUT2D eigenvalue weighted by Gasteiger charge is -1.90. The van der Waals surface area contributed by atoms with Crippen molar-refractivity contribution in [2.24, 2.45) is 0 Å². The summed E-state index contributed by atoms with van der Waals surface area (Å²) in [5, 5.41) is 0. The van der Waals surface area contributed by atoms with Crippen LogP contribution < -0.4 is 0 Å². The molecule has 0 N–H and O–H groups in total. The van der Waals surface area contributed by atoms with Gasteiger partial charge in [-0.1, -0.05) is 0 Å². The van der Waals surface area contributed by atoms with Crippen LogP contribution in [0.15, 0.2) is 16.9 Å². The first kappa shape index (κ1) is 6.92. The molecule has 0 bridgehead atoms. The van der Waals surface area contributed by atoms with Crippen LogP contribution >= 0.6 is 0 Å². The molecular weight excluding hydrogens is 142 g/mol. The lowest BCUT2D eigenvalue weighted by Crippen LogP contribution is -1.85. The van der Waals surface area contributed by atoms with Gasteiger partial charge in [0.15, 0.2) is 6.29 Å². The highest BCUT2D eigenvalue weighted by molar-refractivity contribution is 5.76. The van der Waals surface area contributed by atoms with Crippen LogP contribution in [0.2, 0.25) is 0 Å². The number of hydrogen-bond donors (Lipinski definition) is 0. The van der Waals surface area contributed by atoms with Gasteiger partial charge in [0.1, 0.15) is 6.26 Å². The highest BCUT2D eigenvalue weighted by Gasteiger charge is 2.13. The van der Waals surface area contributed by atoms with Crippen molar-refractivity contribution in [2.45, 2.75) is 6.43 Å². The molecule has 1 aromatic rings. The van der Waals surface area contributed by atoms with Gasteiger partial charge < -0.3 is 4.42 Å². The van der Waals surface area contributed by atoms with Crippen LogP contribution in [0.5, 0.6) is 0 Å². The maximum absolute atomic E-state index is 11.8. The van der Waals surface area contributed by atoms with Crippen molar-refractivity contribution in [1.82, 2.24) is 0 Å². The minimum Gasteiger partial charge on any atom is -0.471 e. The van der Waals surface area contributed by atoms with Crippen LogP contribution in [0.4, 0.5) is 8.78 Å². The van der Waals surface area contributed by atoms with Gasteiger partial charge in [-0.3, -0.25) is 4.79 Å². The first-order valence-corrected chi connectivity index (χ1v) is 2.55. The van der Waals surface area contributed by atoms with Crippen molar-refractivity contribution < 1.29 is 18.0 Å². The summed E-state index contributed by atoms with van der Waals surface area (Å²) < 4.78 is 28.0. The van der Waals surface area contributed by atoms with Crippen LogP contribution in [-0.4, -0.2) is 6.29 Å². The van der Waals surface area contributed by atoms with Crippen LogP contribution in [0.3, 0.4) is 0 Å². The number of alkyl halides is 2. The standard InChI is InChI=1S/C6H4F2O2/c7-6(8)5-3-10-2-4(5)1-9/h1-3,6H. The van der Waals surface area contributed by atoms with Crippen LogP contribution in [0, 0.1) is 0 Å². The second-order valence-electron chi connectivity index (χ2n) is 1.70. The monoisotopic (exact) mass is 146 g/mol. The predicted molar refractivity (Wildman–Crippen MR) is 29.1 cm³/mol. The Morgan fingerprint density at radius 2 is 2.20 bits per heavy atom. The van der Waals surface area contributed by atoms with Crippen molar-refractivity contribution in [3.63, 3.8) is 0 Å². The van der Waals surface area contributed by atoms with E-state index >= 15 is 0 Å². The Hall–Kier alpha value is -1.19. The molecule has 1 rings (SSSR count). The van der Waals surface area contributed by atoms with E-state index in [9.17, 15) is 13.6 Å². The third-order valence-corrected chi connectivity index (χ3v) is 1.09. The lowest BCUT2D eigenvalue weighted by molar-refractivity contribution is 0.110. The fourth-order valence-corrected chi connectivity index (χ4v) is 0.590. The Morgan fingerprint density at radius 1 is 1.50 bits per heavy atom. The SMILES string of the molecule is O=Cc1cocc1C(F)F. The molecule has 0 amide bonds. The van der Waals surface area contributed by atoms with Crippen molar-refractivity contribution in [3.05, 3.63) is 23.7 Å². The summed E-state index contributed by atoms with van der Waals surface area (Å²) in [5.41, 5.74) is -0.440. The summed E-state index contributed by atoms with van der Waals surface area (Å²) in [6.45, 7) is 0. The van der Waals surface area contributed by atoms with Crippen molar-refractivity contribution in [2.75, 3.05) is 0 Å². The number of furan rings is 1. The average Bonchev–Trinajstić information content (AvgIpc) is 2.33. The summed E-state index contributed by atoms with van der Waals surface area (Å²) in [7, 11) is 0. The third kappa shape index (κ3) is 1.05. The molecule has 0 spiro atoms. The molecule has 0 aliphatic heterocycles. The first-order valence-electron chi connectivity index (χ1n) is 2.55. The predicted octanol–water partition coefficient (Wildman–Crippen LogP) is 2.03. The smallest absolute Gasteiger partial charge is 0.267 e. The van der Waals surface area contributed by atoms with Gasteiger partial charge in [0, 0.05) is 0 Å². The lowest BCUT2D eigenvalue weighted by atomic mass is 10.2. The average molecular weight is 146 g/mol. The summed E-state index contributed by atoms with van der Waals surface area (Å²) in [4.78, 5) is 10.00. The van der Waals surface area contributed by atoms with E-state index in [1.165, 1.54) is 0 Å². The van der Waals surface area contributed by atoms with E-state index in [1.807, 2.05) is 0 Å². The second-order valence-corrected chi connectivity index (χ2v) is 1.70. The van der Waals surface area contributed by atoms with Gasteiger partial charge in [-0.05, 0) is 0 Å². The molecular formula is C6H4F2O2. The molecule has 0 atom stereocenters. The molecule has 54 valence electrons. The van der Waals surface area contributed by atoms with Crippen LogP contribution in [-0.2, 0) is 0 Å². The summed E-state index contributed by atoms with van der Waals surface area (Å²) in [6, 6.07) is 0.